The lowest BCUT2D eigenvalue weighted by Gasteiger charge is -2.11. The summed E-state index contributed by atoms with van der Waals surface area (Å²) in [6.45, 7) is 0. The van der Waals surface area contributed by atoms with Crippen molar-refractivity contribution in [1.29, 1.82) is 0 Å². The van der Waals surface area contributed by atoms with E-state index in [2.05, 4.69) is 113 Å². The molecule has 0 spiro atoms. The molecule has 5 nitrogen and oxygen atoms in total. The minimum atomic E-state index is 0.559. The van der Waals surface area contributed by atoms with Crippen molar-refractivity contribution in [2.45, 2.75) is 0 Å². The number of aromatic nitrogens is 4. The van der Waals surface area contributed by atoms with Gasteiger partial charge in [0.2, 0.25) is 11.7 Å². The highest BCUT2D eigenvalue weighted by Crippen LogP contribution is 2.46. The summed E-state index contributed by atoms with van der Waals surface area (Å²) in [6, 6.07) is 38.6. The molecule has 0 radical (unpaired) electrons. The van der Waals surface area contributed by atoms with Crippen LogP contribution in [0.4, 0.5) is 0 Å². The molecular weight excluding hydrogens is 573 g/mol. The maximum absolute atomic E-state index is 6.57. The molecule has 5 heterocycles. The van der Waals surface area contributed by atoms with Crippen LogP contribution in [0, 0.1) is 0 Å². The maximum Gasteiger partial charge on any atom is 0.238 e. The van der Waals surface area contributed by atoms with Crippen molar-refractivity contribution >= 4 is 96.9 Å². The Bertz CT molecular complexity index is 2990. The van der Waals surface area contributed by atoms with E-state index < -0.39 is 0 Å². The number of pyridine rings is 1. The fraction of sp³-hybridized carbons (Fsp3) is 0. The molecule has 208 valence electrons. The van der Waals surface area contributed by atoms with Gasteiger partial charge in [0.15, 0.2) is 0 Å². The molecule has 0 amide bonds. The second kappa shape index (κ2) is 8.40. The fourth-order valence-electron chi connectivity index (χ4n) is 7.33. The number of benzene rings is 6. The van der Waals surface area contributed by atoms with Crippen LogP contribution < -0.4 is 0 Å². The van der Waals surface area contributed by atoms with E-state index in [1.165, 1.54) is 41.7 Å². The number of thiophene rings is 1. The van der Waals surface area contributed by atoms with Gasteiger partial charge in [-0.15, -0.1) is 11.3 Å². The standard InChI is InChI=1S/C39H20N4OS/c1-2-8-23-18-30-28(17-22(23)7-1)35-36(24-10-6-16-40-20-24)41-39(42-38(35)44-30)43-29-12-4-3-11-25(29)27-19-32-34-26(37(27)43)15-14-21-9-5-13-31(45-32)33(21)34/h1-20H. The summed E-state index contributed by atoms with van der Waals surface area (Å²) in [5, 5.41) is 11.6. The molecule has 6 heteroatoms. The Hall–Kier alpha value is -5.85. The smallest absolute Gasteiger partial charge is 0.238 e. The molecule has 11 rings (SSSR count). The Morgan fingerprint density at radius 3 is 2.38 bits per heavy atom. The van der Waals surface area contributed by atoms with E-state index in [0.29, 0.717) is 11.7 Å². The molecule has 0 atom stereocenters. The summed E-state index contributed by atoms with van der Waals surface area (Å²) in [7, 11) is 0. The molecule has 0 saturated carbocycles. The van der Waals surface area contributed by atoms with Crippen molar-refractivity contribution in [3.63, 3.8) is 0 Å². The average Bonchev–Trinajstić information content (AvgIpc) is 3.75. The van der Waals surface area contributed by atoms with E-state index in [0.717, 1.165) is 49.4 Å². The first-order valence-electron chi connectivity index (χ1n) is 14.9. The molecule has 0 aliphatic rings. The second-order valence-corrected chi connectivity index (χ2v) is 12.7. The Morgan fingerprint density at radius 1 is 0.600 bits per heavy atom. The maximum atomic E-state index is 6.57. The van der Waals surface area contributed by atoms with Crippen LogP contribution in [0.1, 0.15) is 0 Å². The molecule has 0 aliphatic heterocycles. The first-order chi connectivity index (χ1) is 22.3. The van der Waals surface area contributed by atoms with Crippen molar-refractivity contribution in [3.05, 3.63) is 122 Å². The molecule has 0 fully saturated rings. The summed E-state index contributed by atoms with van der Waals surface area (Å²) < 4.78 is 11.4. The van der Waals surface area contributed by atoms with Gasteiger partial charge in [-0.25, -0.2) is 4.98 Å². The third-order valence-electron chi connectivity index (χ3n) is 9.24. The summed E-state index contributed by atoms with van der Waals surface area (Å²) in [5.74, 6) is 0.575. The molecule has 0 bridgehead atoms. The lowest BCUT2D eigenvalue weighted by molar-refractivity contribution is 0.652. The van der Waals surface area contributed by atoms with E-state index in [4.69, 9.17) is 14.4 Å². The minimum absolute atomic E-state index is 0.559. The zero-order valence-corrected chi connectivity index (χ0v) is 24.5. The third-order valence-corrected chi connectivity index (χ3v) is 10.3. The molecule has 11 aromatic rings. The number of rotatable bonds is 2. The van der Waals surface area contributed by atoms with E-state index >= 15 is 0 Å². The van der Waals surface area contributed by atoms with Crippen molar-refractivity contribution in [1.82, 2.24) is 19.5 Å². The highest BCUT2D eigenvalue weighted by atomic mass is 32.1. The molecule has 5 aromatic heterocycles. The van der Waals surface area contributed by atoms with Gasteiger partial charge in [-0.2, -0.15) is 4.98 Å². The van der Waals surface area contributed by atoms with E-state index in [1.807, 2.05) is 23.6 Å². The molecular formula is C39H20N4OS. The highest BCUT2D eigenvalue weighted by Gasteiger charge is 2.24. The van der Waals surface area contributed by atoms with E-state index in [-0.39, 0.29) is 0 Å². The summed E-state index contributed by atoms with van der Waals surface area (Å²) in [5.41, 5.74) is 5.23. The second-order valence-electron chi connectivity index (χ2n) is 11.7. The average molecular weight is 593 g/mol. The topological polar surface area (TPSA) is 56.7 Å². The monoisotopic (exact) mass is 592 g/mol. The number of nitrogens with zero attached hydrogens (tertiary/aromatic N) is 4. The molecule has 0 N–H and O–H groups in total. The number of hydrogen-bond acceptors (Lipinski definition) is 5. The normalized spacial score (nSPS) is 12.4. The first kappa shape index (κ1) is 23.6. The van der Waals surface area contributed by atoms with Crippen molar-refractivity contribution < 1.29 is 4.42 Å². The van der Waals surface area contributed by atoms with Crippen LogP contribution in [0.15, 0.2) is 126 Å². The van der Waals surface area contributed by atoms with Gasteiger partial charge in [0, 0.05) is 59.7 Å². The van der Waals surface area contributed by atoms with Crippen LogP contribution in [-0.2, 0) is 0 Å². The van der Waals surface area contributed by atoms with Gasteiger partial charge >= 0.3 is 0 Å². The van der Waals surface area contributed by atoms with Gasteiger partial charge in [-0.05, 0) is 58.6 Å². The lowest BCUT2D eigenvalue weighted by Crippen LogP contribution is -2.03. The Balaban J connectivity index is 1.33. The molecule has 0 aliphatic carbocycles. The van der Waals surface area contributed by atoms with Crippen molar-refractivity contribution in [2.75, 3.05) is 0 Å². The van der Waals surface area contributed by atoms with Crippen LogP contribution in [0.2, 0.25) is 0 Å². The zero-order valence-electron chi connectivity index (χ0n) is 23.7. The van der Waals surface area contributed by atoms with Gasteiger partial charge in [-0.3, -0.25) is 9.55 Å². The largest absolute Gasteiger partial charge is 0.437 e. The number of hydrogen-bond donors (Lipinski definition) is 0. The SMILES string of the molecule is c1cncc(-c2nc(-n3c4ccccc4c4cc5sc6cccc7ccc(c5c76)c43)nc3oc4cc5ccccc5cc4c23)c1. The van der Waals surface area contributed by atoms with Crippen LogP contribution in [0.3, 0.4) is 0 Å². The van der Waals surface area contributed by atoms with Crippen LogP contribution in [0.5, 0.6) is 0 Å². The van der Waals surface area contributed by atoms with Gasteiger partial charge < -0.3 is 4.42 Å². The van der Waals surface area contributed by atoms with Crippen LogP contribution in [0.25, 0.3) is 103 Å². The Morgan fingerprint density at radius 2 is 1.47 bits per heavy atom. The predicted molar refractivity (Wildman–Crippen MR) is 186 cm³/mol. The zero-order chi connectivity index (χ0) is 29.2. The number of fused-ring (bicyclic) bond motifs is 8. The summed E-state index contributed by atoms with van der Waals surface area (Å²) in [6.07, 6.45) is 3.66. The molecule has 0 saturated heterocycles. The highest BCUT2D eigenvalue weighted by molar-refractivity contribution is 7.26. The van der Waals surface area contributed by atoms with Crippen LogP contribution in [-0.4, -0.2) is 19.5 Å². The Kier molecular flexibility index (Phi) is 4.41. The fourth-order valence-corrected chi connectivity index (χ4v) is 8.53. The predicted octanol–water partition coefficient (Wildman–Crippen LogP) is 10.6. The summed E-state index contributed by atoms with van der Waals surface area (Å²) in [4.78, 5) is 15.0. The van der Waals surface area contributed by atoms with Crippen molar-refractivity contribution in [3.8, 4) is 17.2 Å². The third kappa shape index (κ3) is 3.08. The number of para-hydroxylation sites is 1. The minimum Gasteiger partial charge on any atom is -0.437 e. The van der Waals surface area contributed by atoms with Gasteiger partial charge in [0.1, 0.15) is 5.58 Å². The molecule has 6 aromatic carbocycles. The first-order valence-corrected chi connectivity index (χ1v) is 15.8. The summed E-state index contributed by atoms with van der Waals surface area (Å²) >= 11 is 1.86. The van der Waals surface area contributed by atoms with E-state index in [9.17, 15) is 0 Å². The van der Waals surface area contributed by atoms with Crippen LogP contribution >= 0.6 is 11.3 Å². The van der Waals surface area contributed by atoms with E-state index in [1.54, 1.807) is 6.20 Å². The lowest BCUT2D eigenvalue weighted by atomic mass is 9.99. The number of furan rings is 1. The van der Waals surface area contributed by atoms with Gasteiger partial charge in [0.05, 0.1) is 22.1 Å². The molecule has 45 heavy (non-hydrogen) atoms. The van der Waals surface area contributed by atoms with Gasteiger partial charge in [-0.1, -0.05) is 66.7 Å². The quantitative estimate of drug-likeness (QED) is 0.187. The van der Waals surface area contributed by atoms with Crippen molar-refractivity contribution in [2.24, 2.45) is 0 Å². The van der Waals surface area contributed by atoms with Gasteiger partial charge in [0.25, 0.3) is 0 Å². The molecule has 0 unspecified atom stereocenters. The Labute approximate surface area is 258 Å².